The first kappa shape index (κ1) is 60.1. The van der Waals surface area contributed by atoms with Crippen molar-refractivity contribution in [3.05, 3.63) is 181 Å². The highest BCUT2D eigenvalue weighted by molar-refractivity contribution is 5.89. The number of fused-ring (bicyclic) bond motifs is 8. The monoisotopic (exact) mass is 1240 g/mol. The third kappa shape index (κ3) is 10.4. The number of methoxy groups -OCH3 is 1. The van der Waals surface area contributed by atoms with Gasteiger partial charge in [-0.15, -0.1) is 0 Å². The van der Waals surface area contributed by atoms with Crippen molar-refractivity contribution in [2.45, 2.75) is 203 Å². The number of phenols is 3. The minimum atomic E-state index is -0.722. The maximum Gasteiger partial charge on any atom is 0.165 e. The number of hydrogen-bond acceptors (Lipinski definition) is 11. The van der Waals surface area contributed by atoms with Gasteiger partial charge in [0.15, 0.2) is 11.5 Å². The minimum absolute atomic E-state index is 0.00407. The van der Waals surface area contributed by atoms with Crippen molar-refractivity contribution in [2.75, 3.05) is 13.7 Å². The molecule has 12 heteroatoms. The standard InChI is InChI=1S/C80H91N3O9/c1-46(2)31-55-35-54-38-64-57(43-84)39-68(88)76(73(55)64)90-44-58-37-60(80-59-22-19-51-10-8-11-52(75(51)80)21-27-71(80)79(91-45-59)29-5-4-6-30-79)36-56-41-83(42-65(56)58)78-74-62(63-24-28-72(89-3)81-77(63)82-78)23-16-47(15-18-50-20-26-69(74)92-70(50)40-67(54)87)13-14-48-17-25-66(86)53(32-48)33-49-9-7-12-61(85)34-49/h7-12,17,20,25-26,32,34,36-37,39,41-42,46-47,50,54-55,59,67,69-72,77,81-82,84-88H,4-6,13-15,18-19,21-22,24,27-31,33,35,38,40,43-45H2,1-3H3/t47-,50-,54-,55-,59-,67+,69+,70-,71+,72+,77?,80+/m1/s1. The second kappa shape index (κ2) is 24.2. The van der Waals surface area contributed by atoms with Crippen molar-refractivity contribution in [2.24, 2.45) is 35.5 Å². The predicted molar refractivity (Wildman–Crippen MR) is 357 cm³/mol. The Bertz CT molecular complexity index is 4010. The van der Waals surface area contributed by atoms with Crippen LogP contribution in [-0.2, 0) is 64.9 Å². The Balaban J connectivity index is 0.897. The van der Waals surface area contributed by atoms with Gasteiger partial charge in [-0.1, -0.05) is 106 Å². The third-order valence-electron chi connectivity index (χ3n) is 24.0. The molecular formula is C80H91N3O9. The van der Waals surface area contributed by atoms with Crippen molar-refractivity contribution in [1.82, 2.24) is 15.2 Å². The molecule has 12 aliphatic rings. The normalized spacial score (nSPS) is 30.1. The van der Waals surface area contributed by atoms with E-state index in [2.05, 4.69) is 102 Å². The fourth-order valence-electron chi connectivity index (χ4n) is 19.8. The fraction of sp³-hybridized carbons (Fsp3) is 0.500. The second-order valence-corrected chi connectivity index (χ2v) is 29.6. The molecule has 0 radical (unpaired) electrons. The molecule has 3 fully saturated rings. The molecule has 12 nitrogen and oxygen atoms in total. The number of aliphatic hydroxyl groups is 2. The lowest BCUT2D eigenvalue weighted by Gasteiger charge is -2.63. The van der Waals surface area contributed by atoms with E-state index in [0.717, 1.165) is 151 Å². The number of aromatic hydroxyl groups is 3. The number of ether oxygens (including phenoxy) is 4. The summed E-state index contributed by atoms with van der Waals surface area (Å²) in [6.45, 7) is 5.22. The molecule has 480 valence electrons. The van der Waals surface area contributed by atoms with Crippen LogP contribution in [0.15, 0.2) is 120 Å². The summed E-state index contributed by atoms with van der Waals surface area (Å²) >= 11 is 0. The van der Waals surface area contributed by atoms with Gasteiger partial charge in [-0.2, -0.15) is 0 Å². The lowest BCUT2D eigenvalue weighted by Crippen LogP contribution is -2.64. The number of nitrogens with zero attached hydrogens (tertiary/aromatic N) is 1. The molecule has 2 saturated heterocycles. The van der Waals surface area contributed by atoms with E-state index in [1.807, 2.05) is 18.2 Å². The number of dihydropyridines is 1. The van der Waals surface area contributed by atoms with E-state index < -0.39 is 12.2 Å². The zero-order valence-electron chi connectivity index (χ0n) is 53.8. The first-order chi connectivity index (χ1) is 44.8. The molecule has 92 heavy (non-hydrogen) atoms. The molecule has 7 N–H and O–H groups in total. The number of hydrogen-bond donors (Lipinski definition) is 7. The summed E-state index contributed by atoms with van der Waals surface area (Å²) in [4.78, 5) is 0. The zero-order chi connectivity index (χ0) is 62.6. The first-order valence-corrected chi connectivity index (χ1v) is 35.0. The van der Waals surface area contributed by atoms with E-state index in [-0.39, 0.29) is 89.6 Å². The van der Waals surface area contributed by atoms with Gasteiger partial charge in [-0.3, -0.25) is 5.32 Å². The summed E-state index contributed by atoms with van der Waals surface area (Å²) in [6.07, 6.45) is 25.1. The van der Waals surface area contributed by atoms with Gasteiger partial charge in [-0.05, 0) is 212 Å². The SMILES string of the molecule is CO[C@H]1CCC2=C3C#C[C@H](CCc4ccc(O)c(Cc5cccc(O)c5)c4)CC[C@@H]4C=C[C@@H]5O[C@@H]4C[C@H](O)[C@H]4Cc6c(CO)cc(O)c(c6[C@H](CC(C)C)C4)OCc4cc([C@]67c8c9cccc8CC[C@H]6C6(CCCCC6)OC[C@H]7CC9)cc6cn(cc46)C(=C35)NC2N1. The van der Waals surface area contributed by atoms with Crippen LogP contribution in [0.25, 0.3) is 16.6 Å². The van der Waals surface area contributed by atoms with E-state index in [1.165, 1.54) is 41.5 Å². The number of rotatable bonds is 10. The summed E-state index contributed by atoms with van der Waals surface area (Å²) < 4.78 is 30.9. The topological polar surface area (TPSA) is 167 Å². The molecule has 7 aliphatic heterocycles. The molecule has 12 atom stereocenters. The van der Waals surface area contributed by atoms with Crippen molar-refractivity contribution in [3.8, 4) is 34.8 Å². The highest BCUT2D eigenvalue weighted by atomic mass is 16.5. The Hall–Kier alpha value is -6.82. The molecule has 5 aliphatic carbocycles. The molecule has 1 saturated carbocycles. The van der Waals surface area contributed by atoms with Crippen LogP contribution in [-0.4, -0.2) is 80.1 Å². The summed E-state index contributed by atoms with van der Waals surface area (Å²) in [5.74, 6) is 10.6. The first-order valence-electron chi connectivity index (χ1n) is 35.0. The smallest absolute Gasteiger partial charge is 0.165 e. The number of aliphatic hydroxyl groups excluding tert-OH is 2. The van der Waals surface area contributed by atoms with Crippen molar-refractivity contribution in [1.29, 1.82) is 0 Å². The van der Waals surface area contributed by atoms with E-state index in [0.29, 0.717) is 48.8 Å². The van der Waals surface area contributed by atoms with Crippen LogP contribution >= 0.6 is 0 Å². The average Bonchev–Trinajstić information content (AvgIpc) is 0.777. The van der Waals surface area contributed by atoms with Gasteiger partial charge in [0.1, 0.15) is 42.4 Å². The summed E-state index contributed by atoms with van der Waals surface area (Å²) in [7, 11) is 1.78. The van der Waals surface area contributed by atoms with Gasteiger partial charge < -0.3 is 54.4 Å². The van der Waals surface area contributed by atoms with Crippen LogP contribution in [0.4, 0.5) is 0 Å². The van der Waals surface area contributed by atoms with Gasteiger partial charge in [0.05, 0.1) is 31.0 Å². The van der Waals surface area contributed by atoms with Crippen molar-refractivity contribution < 1.29 is 44.5 Å². The quantitative estimate of drug-likeness (QED) is 0.0515. The molecule has 1 unspecified atom stereocenters. The average molecular weight is 1240 g/mol. The Morgan fingerprint density at radius 2 is 1.67 bits per heavy atom. The van der Waals surface area contributed by atoms with Gasteiger partial charge in [0.2, 0.25) is 0 Å². The van der Waals surface area contributed by atoms with Crippen molar-refractivity contribution >= 4 is 16.6 Å². The Morgan fingerprint density at radius 3 is 2.50 bits per heavy atom. The van der Waals surface area contributed by atoms with E-state index in [1.54, 1.807) is 36.9 Å². The van der Waals surface area contributed by atoms with Crippen LogP contribution in [0.1, 0.15) is 177 Å². The highest BCUT2D eigenvalue weighted by Crippen LogP contribution is 2.65. The molecule has 5 aromatic carbocycles. The molecule has 8 heterocycles. The summed E-state index contributed by atoms with van der Waals surface area (Å²) in [5.41, 5.74) is 15.1. The van der Waals surface area contributed by atoms with Crippen LogP contribution in [0, 0.1) is 47.3 Å². The third-order valence-corrected chi connectivity index (χ3v) is 24.0. The lowest BCUT2D eigenvalue weighted by molar-refractivity contribution is -0.193. The van der Waals surface area contributed by atoms with Crippen LogP contribution in [0.3, 0.4) is 0 Å². The number of phenolic OH excluding ortho intramolecular Hbond substituents is 3. The number of piperidine rings is 1. The zero-order valence-corrected chi connectivity index (χ0v) is 53.8. The maximum absolute atomic E-state index is 13.0. The van der Waals surface area contributed by atoms with Gasteiger partial charge in [0.25, 0.3) is 0 Å². The number of aryl methyl sites for hydroxylation is 3. The lowest BCUT2D eigenvalue weighted by atomic mass is 9.45. The van der Waals surface area contributed by atoms with Crippen LogP contribution in [0.5, 0.6) is 23.0 Å². The van der Waals surface area contributed by atoms with Gasteiger partial charge >= 0.3 is 0 Å². The number of benzene rings is 5. The molecule has 1 spiro atoms. The molecule has 18 rings (SSSR count). The van der Waals surface area contributed by atoms with Crippen LogP contribution < -0.4 is 15.4 Å². The molecule has 0 amide bonds. The van der Waals surface area contributed by atoms with Gasteiger partial charge in [0, 0.05) is 83.0 Å². The molecular weight excluding hydrogens is 1150 g/mol. The number of nitrogens with one attached hydrogen (secondary N) is 2. The fourth-order valence-corrected chi connectivity index (χ4v) is 19.8. The Morgan fingerprint density at radius 1 is 0.826 bits per heavy atom. The van der Waals surface area contributed by atoms with Crippen LogP contribution in [0.2, 0.25) is 0 Å². The molecule has 1 aromatic heterocycles. The Kier molecular flexibility index (Phi) is 15.8. The number of aromatic nitrogens is 1. The highest BCUT2D eigenvalue weighted by Gasteiger charge is 2.63. The van der Waals surface area contributed by atoms with E-state index >= 15 is 0 Å². The van der Waals surface area contributed by atoms with E-state index in [9.17, 15) is 25.5 Å². The molecule has 10 bridgehead atoms. The predicted octanol–water partition coefficient (Wildman–Crippen LogP) is 13.8. The second-order valence-electron chi connectivity index (χ2n) is 29.6. The largest absolute Gasteiger partial charge is 0.508 e. The summed E-state index contributed by atoms with van der Waals surface area (Å²) in [5, 5.41) is 68.2. The Labute approximate surface area is 542 Å². The van der Waals surface area contributed by atoms with Crippen molar-refractivity contribution in [3.63, 3.8) is 0 Å². The van der Waals surface area contributed by atoms with Gasteiger partial charge in [-0.25, -0.2) is 0 Å². The minimum Gasteiger partial charge on any atom is -0.508 e. The maximum atomic E-state index is 13.0. The van der Waals surface area contributed by atoms with E-state index in [4.69, 9.17) is 18.9 Å². The summed E-state index contributed by atoms with van der Waals surface area (Å²) in [6, 6.07) is 27.1. The molecule has 6 aromatic rings.